The van der Waals surface area contributed by atoms with Gasteiger partial charge in [-0.15, -0.1) is 0 Å². The Morgan fingerprint density at radius 1 is 1.29 bits per heavy atom. The predicted molar refractivity (Wildman–Crippen MR) is 80.4 cm³/mol. The molecule has 21 heavy (non-hydrogen) atoms. The lowest BCUT2D eigenvalue weighted by molar-refractivity contribution is 0.149. The molecule has 1 aromatic carbocycles. The Morgan fingerprint density at radius 2 is 1.95 bits per heavy atom. The van der Waals surface area contributed by atoms with Crippen molar-refractivity contribution in [2.24, 2.45) is 0 Å². The number of ether oxygens (including phenoxy) is 1. The molecule has 1 atom stereocenters. The zero-order valence-corrected chi connectivity index (χ0v) is 12.5. The van der Waals surface area contributed by atoms with Crippen LogP contribution in [0.5, 0.6) is 5.75 Å². The van der Waals surface area contributed by atoms with Crippen molar-refractivity contribution in [3.05, 3.63) is 58.0 Å². The van der Waals surface area contributed by atoms with Crippen molar-refractivity contribution >= 4 is 0 Å². The third-order valence-corrected chi connectivity index (χ3v) is 2.99. The molecule has 0 amide bonds. The molecule has 1 heterocycles. The Hall–Kier alpha value is -2.14. The second-order valence-electron chi connectivity index (χ2n) is 5.30. The van der Waals surface area contributed by atoms with Gasteiger partial charge in [0.15, 0.2) is 0 Å². The molecule has 2 rings (SSSR count). The van der Waals surface area contributed by atoms with Crippen LogP contribution in [0, 0.1) is 6.92 Å². The molecule has 0 bridgehead atoms. The summed E-state index contributed by atoms with van der Waals surface area (Å²) in [5.74, 6) is 0.756. The molecule has 0 aliphatic rings. The second-order valence-corrected chi connectivity index (χ2v) is 5.30. The van der Waals surface area contributed by atoms with Crippen LogP contribution in [0.2, 0.25) is 0 Å². The van der Waals surface area contributed by atoms with E-state index in [4.69, 9.17) is 4.74 Å². The fraction of sp³-hybridized carbons (Fsp3) is 0.375. The molecule has 1 N–H and O–H groups in total. The van der Waals surface area contributed by atoms with Crippen LogP contribution in [0.4, 0.5) is 0 Å². The van der Waals surface area contributed by atoms with Gasteiger partial charge < -0.3 is 9.84 Å². The van der Waals surface area contributed by atoms with Crippen molar-refractivity contribution < 1.29 is 9.84 Å². The largest absolute Gasteiger partial charge is 0.491 e. The van der Waals surface area contributed by atoms with Gasteiger partial charge in [0.25, 0.3) is 5.56 Å². The molecule has 0 fully saturated rings. The minimum atomic E-state index is -0.786. The first kappa shape index (κ1) is 15.3. The minimum Gasteiger partial charge on any atom is -0.491 e. The fourth-order valence-electron chi connectivity index (χ4n) is 1.97. The van der Waals surface area contributed by atoms with Crippen LogP contribution in [0.25, 0.3) is 0 Å². The molecule has 5 nitrogen and oxygen atoms in total. The maximum Gasteiger partial charge on any atom is 0.267 e. The van der Waals surface area contributed by atoms with E-state index in [1.807, 2.05) is 32.9 Å². The Labute approximate surface area is 123 Å². The number of aromatic nitrogens is 2. The third kappa shape index (κ3) is 4.16. The topological polar surface area (TPSA) is 64.3 Å². The van der Waals surface area contributed by atoms with E-state index in [1.165, 1.54) is 10.7 Å². The van der Waals surface area contributed by atoms with E-state index in [-0.39, 0.29) is 18.2 Å². The summed E-state index contributed by atoms with van der Waals surface area (Å²) in [6, 6.07) is 8.70. The summed E-state index contributed by atoms with van der Waals surface area (Å²) in [6.45, 7) is 5.85. The first-order valence-corrected chi connectivity index (χ1v) is 6.94. The first-order chi connectivity index (χ1) is 9.95. The standard InChI is InChI=1S/C16H20N2O3/c1-11(2)21-14-6-4-13(5-7-14)15(19)10-18-16(20)8-12(3)9-17-18/h4-9,11,15,19H,10H2,1-3H3. The molecule has 1 aromatic heterocycles. The van der Waals surface area contributed by atoms with Gasteiger partial charge in [-0.05, 0) is 44.0 Å². The number of aliphatic hydroxyl groups is 1. The maximum atomic E-state index is 11.8. The number of benzene rings is 1. The highest BCUT2D eigenvalue weighted by Gasteiger charge is 2.10. The average Bonchev–Trinajstić information content (AvgIpc) is 2.42. The van der Waals surface area contributed by atoms with Gasteiger partial charge in [0.05, 0.1) is 24.9 Å². The fourth-order valence-corrected chi connectivity index (χ4v) is 1.97. The monoisotopic (exact) mass is 288 g/mol. The SMILES string of the molecule is Cc1cnn(CC(O)c2ccc(OC(C)C)cc2)c(=O)c1. The molecule has 0 spiro atoms. The number of nitrogens with zero attached hydrogens (tertiary/aromatic N) is 2. The lowest BCUT2D eigenvalue weighted by atomic mass is 10.1. The summed E-state index contributed by atoms with van der Waals surface area (Å²) in [5, 5.41) is 14.2. The first-order valence-electron chi connectivity index (χ1n) is 6.94. The zero-order chi connectivity index (χ0) is 15.4. The molecule has 5 heteroatoms. The summed E-state index contributed by atoms with van der Waals surface area (Å²) >= 11 is 0. The Balaban J connectivity index is 2.09. The lowest BCUT2D eigenvalue weighted by Crippen LogP contribution is -2.25. The smallest absolute Gasteiger partial charge is 0.267 e. The van der Waals surface area contributed by atoms with Crippen LogP contribution < -0.4 is 10.3 Å². The Kier molecular flexibility index (Phi) is 4.75. The van der Waals surface area contributed by atoms with E-state index in [2.05, 4.69) is 5.10 Å². The van der Waals surface area contributed by atoms with Gasteiger partial charge in [-0.3, -0.25) is 4.79 Å². The van der Waals surface area contributed by atoms with E-state index in [9.17, 15) is 9.90 Å². The number of rotatable bonds is 5. The molecule has 0 saturated carbocycles. The van der Waals surface area contributed by atoms with Gasteiger partial charge >= 0.3 is 0 Å². The van der Waals surface area contributed by atoms with Crippen molar-refractivity contribution in [1.82, 2.24) is 9.78 Å². The highest BCUT2D eigenvalue weighted by atomic mass is 16.5. The lowest BCUT2D eigenvalue weighted by Gasteiger charge is -2.14. The quantitative estimate of drug-likeness (QED) is 0.915. The van der Waals surface area contributed by atoms with E-state index in [0.717, 1.165) is 16.9 Å². The number of aryl methyl sites for hydroxylation is 1. The molecular weight excluding hydrogens is 268 g/mol. The van der Waals surface area contributed by atoms with Crippen molar-refractivity contribution in [3.63, 3.8) is 0 Å². The number of hydrogen-bond donors (Lipinski definition) is 1. The van der Waals surface area contributed by atoms with Gasteiger partial charge in [0.1, 0.15) is 5.75 Å². The summed E-state index contributed by atoms with van der Waals surface area (Å²) in [4.78, 5) is 11.8. The maximum absolute atomic E-state index is 11.8. The highest BCUT2D eigenvalue weighted by molar-refractivity contribution is 5.28. The van der Waals surface area contributed by atoms with Crippen LogP contribution in [0.1, 0.15) is 31.1 Å². The normalized spacial score (nSPS) is 12.4. The third-order valence-electron chi connectivity index (χ3n) is 2.99. The van der Waals surface area contributed by atoms with Crippen LogP contribution in [0.15, 0.2) is 41.3 Å². The van der Waals surface area contributed by atoms with Gasteiger partial charge in [-0.25, -0.2) is 4.68 Å². The van der Waals surface area contributed by atoms with Crippen molar-refractivity contribution in [2.45, 2.75) is 39.5 Å². The molecule has 112 valence electrons. The van der Waals surface area contributed by atoms with Crippen LogP contribution in [0.3, 0.4) is 0 Å². The van der Waals surface area contributed by atoms with Gasteiger partial charge in [-0.1, -0.05) is 12.1 Å². The number of aliphatic hydroxyl groups excluding tert-OH is 1. The van der Waals surface area contributed by atoms with Gasteiger partial charge in [-0.2, -0.15) is 5.10 Å². The van der Waals surface area contributed by atoms with Gasteiger partial charge in [0, 0.05) is 6.07 Å². The summed E-state index contributed by atoms with van der Waals surface area (Å²) in [6.07, 6.45) is 0.926. The summed E-state index contributed by atoms with van der Waals surface area (Å²) in [5.41, 5.74) is 1.31. The van der Waals surface area contributed by atoms with Crippen molar-refractivity contribution in [2.75, 3.05) is 0 Å². The van der Waals surface area contributed by atoms with Crippen LogP contribution in [-0.2, 0) is 6.54 Å². The second kappa shape index (κ2) is 6.54. The minimum absolute atomic E-state index is 0.108. The Bertz CT molecular complexity index is 647. The zero-order valence-electron chi connectivity index (χ0n) is 12.5. The molecule has 1 unspecified atom stereocenters. The number of hydrogen-bond acceptors (Lipinski definition) is 4. The molecule has 2 aromatic rings. The van der Waals surface area contributed by atoms with Crippen molar-refractivity contribution in [3.8, 4) is 5.75 Å². The molecule has 0 saturated heterocycles. The molecule has 0 aliphatic heterocycles. The van der Waals surface area contributed by atoms with Crippen LogP contribution >= 0.6 is 0 Å². The van der Waals surface area contributed by atoms with E-state index < -0.39 is 6.10 Å². The van der Waals surface area contributed by atoms with E-state index in [0.29, 0.717) is 0 Å². The van der Waals surface area contributed by atoms with E-state index in [1.54, 1.807) is 18.3 Å². The summed E-state index contributed by atoms with van der Waals surface area (Å²) < 4.78 is 6.81. The average molecular weight is 288 g/mol. The van der Waals surface area contributed by atoms with E-state index >= 15 is 0 Å². The van der Waals surface area contributed by atoms with Crippen molar-refractivity contribution in [1.29, 1.82) is 0 Å². The molecular formula is C16H20N2O3. The predicted octanol–water partition coefficient (Wildman–Crippen LogP) is 2.07. The van der Waals surface area contributed by atoms with Gasteiger partial charge in [0.2, 0.25) is 0 Å². The Morgan fingerprint density at radius 3 is 2.52 bits per heavy atom. The van der Waals surface area contributed by atoms with Crippen LogP contribution in [-0.4, -0.2) is 21.0 Å². The molecule has 0 aliphatic carbocycles. The highest BCUT2D eigenvalue weighted by Crippen LogP contribution is 2.19. The molecule has 0 radical (unpaired) electrons. The summed E-state index contributed by atoms with van der Waals surface area (Å²) in [7, 11) is 0.